The Bertz CT molecular complexity index is 462. The highest BCUT2D eigenvalue weighted by Crippen LogP contribution is 2.63. The first kappa shape index (κ1) is 12.0. The Hall–Kier alpha value is -1.06. The molecule has 0 unspecified atom stereocenters. The van der Waals surface area contributed by atoms with E-state index in [-0.39, 0.29) is 10.8 Å². The van der Waals surface area contributed by atoms with Gasteiger partial charge in [-0.15, -0.1) is 0 Å². The highest BCUT2D eigenvalue weighted by molar-refractivity contribution is 5.47. The van der Waals surface area contributed by atoms with Crippen molar-refractivity contribution < 1.29 is 9.47 Å². The van der Waals surface area contributed by atoms with Gasteiger partial charge in [-0.3, -0.25) is 0 Å². The summed E-state index contributed by atoms with van der Waals surface area (Å²) in [5.41, 5.74) is 8.92. The predicted molar refractivity (Wildman–Crippen MR) is 70.9 cm³/mol. The average Bonchev–Trinajstić information content (AvgIpc) is 3.09. The second kappa shape index (κ2) is 3.97. The van der Waals surface area contributed by atoms with Gasteiger partial charge in [-0.1, -0.05) is 17.7 Å². The minimum absolute atomic E-state index is 0.0825. The van der Waals surface area contributed by atoms with E-state index in [1.165, 1.54) is 24.0 Å². The molecule has 1 heterocycles. The van der Waals surface area contributed by atoms with E-state index in [4.69, 9.17) is 15.2 Å². The molecular weight excluding hydrogens is 226 g/mol. The molecule has 98 valence electrons. The molecule has 18 heavy (non-hydrogen) atoms. The van der Waals surface area contributed by atoms with Crippen LogP contribution in [0.3, 0.4) is 0 Å². The van der Waals surface area contributed by atoms with Gasteiger partial charge >= 0.3 is 0 Å². The van der Waals surface area contributed by atoms with Gasteiger partial charge in [-0.2, -0.15) is 0 Å². The summed E-state index contributed by atoms with van der Waals surface area (Å²) in [5, 5.41) is 0. The number of hydrogen-bond acceptors (Lipinski definition) is 3. The number of methoxy groups -OCH3 is 1. The standard InChI is InChI=1S/C15H21NO2/c1-11-3-4-13(17-2)12(7-11)15(9-18-10-15)14(8-16)5-6-14/h3-4,7H,5-6,8-10,16H2,1-2H3. The first-order chi connectivity index (χ1) is 8.67. The van der Waals surface area contributed by atoms with Crippen molar-refractivity contribution in [3.63, 3.8) is 0 Å². The third kappa shape index (κ3) is 1.44. The maximum atomic E-state index is 6.03. The van der Waals surface area contributed by atoms with Crippen LogP contribution in [-0.4, -0.2) is 26.9 Å². The summed E-state index contributed by atoms with van der Waals surface area (Å²) >= 11 is 0. The van der Waals surface area contributed by atoms with Crippen LogP contribution in [0, 0.1) is 12.3 Å². The van der Waals surface area contributed by atoms with Crippen molar-refractivity contribution in [2.24, 2.45) is 11.1 Å². The van der Waals surface area contributed by atoms with Crippen LogP contribution in [0.4, 0.5) is 0 Å². The largest absolute Gasteiger partial charge is 0.496 e. The number of benzene rings is 1. The second-order valence-electron chi connectivity index (χ2n) is 5.76. The summed E-state index contributed by atoms with van der Waals surface area (Å²) in [6.07, 6.45) is 2.42. The lowest BCUT2D eigenvalue weighted by molar-refractivity contribution is -0.0981. The van der Waals surface area contributed by atoms with Crippen molar-refractivity contribution >= 4 is 0 Å². The van der Waals surface area contributed by atoms with Gasteiger partial charge in [0.15, 0.2) is 0 Å². The zero-order valence-electron chi connectivity index (χ0n) is 11.2. The van der Waals surface area contributed by atoms with Crippen molar-refractivity contribution in [2.75, 3.05) is 26.9 Å². The van der Waals surface area contributed by atoms with Gasteiger partial charge in [0.1, 0.15) is 5.75 Å². The fourth-order valence-electron chi connectivity index (χ4n) is 3.28. The molecule has 0 amide bonds. The van der Waals surface area contributed by atoms with Gasteiger partial charge in [0.25, 0.3) is 0 Å². The van der Waals surface area contributed by atoms with E-state index >= 15 is 0 Å². The molecule has 0 spiro atoms. The van der Waals surface area contributed by atoms with Gasteiger partial charge in [0.2, 0.25) is 0 Å². The Morgan fingerprint density at radius 1 is 1.33 bits per heavy atom. The van der Waals surface area contributed by atoms with E-state index < -0.39 is 0 Å². The van der Waals surface area contributed by atoms with Crippen molar-refractivity contribution in [3.05, 3.63) is 29.3 Å². The van der Waals surface area contributed by atoms with E-state index in [0.29, 0.717) is 0 Å². The summed E-state index contributed by atoms with van der Waals surface area (Å²) in [6.45, 7) is 4.43. The molecule has 3 rings (SSSR count). The maximum Gasteiger partial charge on any atom is 0.122 e. The molecule has 1 aromatic carbocycles. The third-order valence-electron chi connectivity index (χ3n) is 4.83. The molecule has 2 aliphatic rings. The molecular formula is C15H21NO2. The summed E-state index contributed by atoms with van der Waals surface area (Å²) in [6, 6.07) is 6.41. The molecule has 1 aromatic rings. The summed E-state index contributed by atoms with van der Waals surface area (Å²) in [4.78, 5) is 0. The van der Waals surface area contributed by atoms with Crippen LogP contribution >= 0.6 is 0 Å². The molecule has 0 radical (unpaired) electrons. The van der Waals surface area contributed by atoms with Crippen molar-refractivity contribution in [3.8, 4) is 5.75 Å². The lowest BCUT2D eigenvalue weighted by Gasteiger charge is -2.48. The van der Waals surface area contributed by atoms with Crippen LogP contribution in [-0.2, 0) is 10.2 Å². The molecule has 0 bridgehead atoms. The molecule has 1 aliphatic heterocycles. The van der Waals surface area contributed by atoms with Crippen molar-refractivity contribution in [2.45, 2.75) is 25.2 Å². The molecule has 3 heteroatoms. The van der Waals surface area contributed by atoms with Crippen LogP contribution in [0.15, 0.2) is 18.2 Å². The molecule has 2 fully saturated rings. The zero-order chi connectivity index (χ0) is 12.8. The minimum Gasteiger partial charge on any atom is -0.496 e. The van der Waals surface area contributed by atoms with Gasteiger partial charge in [0, 0.05) is 5.56 Å². The fourth-order valence-corrected chi connectivity index (χ4v) is 3.28. The Labute approximate surface area is 108 Å². The van der Waals surface area contributed by atoms with Crippen LogP contribution in [0.2, 0.25) is 0 Å². The molecule has 0 aromatic heterocycles. The second-order valence-corrected chi connectivity index (χ2v) is 5.76. The van der Waals surface area contributed by atoms with E-state index in [2.05, 4.69) is 25.1 Å². The predicted octanol–water partition coefficient (Wildman–Crippen LogP) is 2.01. The van der Waals surface area contributed by atoms with Crippen LogP contribution in [0.5, 0.6) is 5.75 Å². The quantitative estimate of drug-likeness (QED) is 0.885. The number of rotatable bonds is 4. The van der Waals surface area contributed by atoms with E-state index in [1.54, 1.807) is 7.11 Å². The van der Waals surface area contributed by atoms with Gasteiger partial charge in [0.05, 0.1) is 25.7 Å². The normalized spacial score (nSPS) is 23.3. The lowest BCUT2D eigenvalue weighted by Crippen LogP contribution is -2.56. The van der Waals surface area contributed by atoms with Gasteiger partial charge < -0.3 is 15.2 Å². The SMILES string of the molecule is COc1ccc(C)cc1C1(C2(CN)CC2)COC1. The lowest BCUT2D eigenvalue weighted by atomic mass is 9.65. The number of nitrogens with two attached hydrogens (primary N) is 1. The molecule has 3 nitrogen and oxygen atoms in total. The fraction of sp³-hybridized carbons (Fsp3) is 0.600. The minimum atomic E-state index is 0.0825. The summed E-state index contributed by atoms with van der Waals surface area (Å²) in [5.74, 6) is 0.976. The van der Waals surface area contributed by atoms with Gasteiger partial charge in [-0.25, -0.2) is 0 Å². The zero-order valence-corrected chi connectivity index (χ0v) is 11.2. The first-order valence-electron chi connectivity index (χ1n) is 6.60. The number of ether oxygens (including phenoxy) is 2. The third-order valence-corrected chi connectivity index (χ3v) is 4.83. The van der Waals surface area contributed by atoms with Crippen molar-refractivity contribution in [1.29, 1.82) is 0 Å². The number of aryl methyl sites for hydroxylation is 1. The highest BCUT2D eigenvalue weighted by Gasteiger charge is 2.63. The Kier molecular flexibility index (Phi) is 2.65. The maximum absolute atomic E-state index is 6.03. The van der Waals surface area contributed by atoms with Crippen molar-refractivity contribution in [1.82, 2.24) is 0 Å². The average molecular weight is 247 g/mol. The highest BCUT2D eigenvalue weighted by atomic mass is 16.5. The first-order valence-corrected chi connectivity index (χ1v) is 6.60. The Balaban J connectivity index is 2.09. The molecule has 0 atom stereocenters. The smallest absolute Gasteiger partial charge is 0.122 e. The molecule has 1 aliphatic carbocycles. The molecule has 1 saturated heterocycles. The molecule has 2 N–H and O–H groups in total. The van der Waals surface area contributed by atoms with E-state index in [0.717, 1.165) is 25.5 Å². The van der Waals surface area contributed by atoms with Gasteiger partial charge in [-0.05, 0) is 37.8 Å². The topological polar surface area (TPSA) is 44.5 Å². The molecule has 1 saturated carbocycles. The van der Waals surface area contributed by atoms with Crippen LogP contribution in [0.1, 0.15) is 24.0 Å². The van der Waals surface area contributed by atoms with E-state index in [1.807, 2.05) is 0 Å². The Morgan fingerprint density at radius 3 is 2.50 bits per heavy atom. The van der Waals surface area contributed by atoms with Crippen LogP contribution < -0.4 is 10.5 Å². The Morgan fingerprint density at radius 2 is 2.06 bits per heavy atom. The summed E-state index contributed by atoms with van der Waals surface area (Å²) < 4.78 is 11.1. The van der Waals surface area contributed by atoms with Crippen LogP contribution in [0.25, 0.3) is 0 Å². The number of hydrogen-bond donors (Lipinski definition) is 1. The monoisotopic (exact) mass is 247 g/mol. The van der Waals surface area contributed by atoms with E-state index in [9.17, 15) is 0 Å². The summed E-state index contributed by atoms with van der Waals surface area (Å²) in [7, 11) is 1.74.